The van der Waals surface area contributed by atoms with E-state index in [1.807, 2.05) is 60.7 Å². The minimum atomic E-state index is -0.110. The lowest BCUT2D eigenvalue weighted by molar-refractivity contribution is 1.26. The maximum atomic E-state index is 12.7. The molecule has 0 saturated carbocycles. The predicted octanol–water partition coefficient (Wildman–Crippen LogP) is 6.22. The summed E-state index contributed by atoms with van der Waals surface area (Å²) in [5.41, 5.74) is 4.61. The minimum absolute atomic E-state index is 0.110. The molecule has 0 spiro atoms. The van der Waals surface area contributed by atoms with E-state index in [9.17, 15) is 4.79 Å². The fourth-order valence-electron chi connectivity index (χ4n) is 3.46. The van der Waals surface area contributed by atoms with Crippen LogP contribution in [0, 0.1) is 0 Å². The average molecular weight is 463 g/mol. The molecule has 0 radical (unpaired) electrons. The molecule has 0 saturated heterocycles. The van der Waals surface area contributed by atoms with Gasteiger partial charge in [0.25, 0.3) is 0 Å². The average Bonchev–Trinajstić information content (AvgIpc) is 2.76. The number of hydrogen-bond acceptors (Lipinski definition) is 3. The van der Waals surface area contributed by atoms with Gasteiger partial charge in [-0.1, -0.05) is 48.0 Å². The second-order valence-corrected chi connectivity index (χ2v) is 7.91. The number of nitrogens with one attached hydrogen (secondary N) is 1. The number of aromatic nitrogens is 3. The Balaban J connectivity index is 1.88. The van der Waals surface area contributed by atoms with E-state index >= 15 is 0 Å². The normalized spacial score (nSPS) is 11.2. The van der Waals surface area contributed by atoms with Gasteiger partial charge in [-0.2, -0.15) is 0 Å². The van der Waals surface area contributed by atoms with Crippen LogP contribution in [0.4, 0.5) is 0 Å². The third-order valence-corrected chi connectivity index (χ3v) is 5.71. The molecular formula is C23H13BrClN3O. The van der Waals surface area contributed by atoms with Gasteiger partial charge in [-0.05, 0) is 45.8 Å². The van der Waals surface area contributed by atoms with Gasteiger partial charge in [0, 0.05) is 28.9 Å². The molecule has 0 unspecified atom stereocenters. The molecule has 1 N–H and O–H groups in total. The fraction of sp³-hybridized carbons (Fsp3) is 0. The van der Waals surface area contributed by atoms with Gasteiger partial charge in [-0.15, -0.1) is 0 Å². The zero-order valence-electron chi connectivity index (χ0n) is 15.0. The van der Waals surface area contributed by atoms with Crippen molar-refractivity contribution < 1.29 is 0 Å². The maximum Gasteiger partial charge on any atom is 0.205 e. The van der Waals surface area contributed by atoms with E-state index in [-0.39, 0.29) is 5.43 Å². The van der Waals surface area contributed by atoms with Crippen molar-refractivity contribution in [2.24, 2.45) is 0 Å². The Bertz CT molecular complexity index is 1450. The van der Waals surface area contributed by atoms with Crippen molar-refractivity contribution >= 4 is 49.5 Å². The summed E-state index contributed by atoms with van der Waals surface area (Å²) in [5.74, 6) is 0. The molecule has 4 nitrogen and oxygen atoms in total. The minimum Gasteiger partial charge on any atom is -0.345 e. The summed E-state index contributed by atoms with van der Waals surface area (Å²) in [7, 11) is 0. The molecule has 3 aromatic heterocycles. The molecule has 0 aliphatic carbocycles. The van der Waals surface area contributed by atoms with Crippen molar-refractivity contribution in [1.82, 2.24) is 15.0 Å². The van der Waals surface area contributed by atoms with Crippen LogP contribution in [-0.4, -0.2) is 15.0 Å². The molecule has 0 aliphatic rings. The highest BCUT2D eigenvalue weighted by atomic mass is 79.9. The van der Waals surface area contributed by atoms with Gasteiger partial charge in [-0.3, -0.25) is 9.78 Å². The predicted molar refractivity (Wildman–Crippen MR) is 121 cm³/mol. The van der Waals surface area contributed by atoms with Crippen LogP contribution < -0.4 is 5.43 Å². The summed E-state index contributed by atoms with van der Waals surface area (Å²) < 4.78 is 0.464. The van der Waals surface area contributed by atoms with Crippen LogP contribution in [0.15, 0.2) is 82.3 Å². The molecule has 0 aliphatic heterocycles. The zero-order chi connectivity index (χ0) is 20.0. The van der Waals surface area contributed by atoms with Gasteiger partial charge in [0.15, 0.2) is 0 Å². The van der Waals surface area contributed by atoms with E-state index in [4.69, 9.17) is 16.6 Å². The third-order valence-electron chi connectivity index (χ3n) is 4.84. The highest BCUT2D eigenvalue weighted by molar-refractivity contribution is 9.10. The van der Waals surface area contributed by atoms with Crippen LogP contribution in [0.3, 0.4) is 0 Å². The molecule has 5 aromatic rings. The summed E-state index contributed by atoms with van der Waals surface area (Å²) in [5, 5.41) is 1.99. The molecule has 6 heteroatoms. The standard InChI is InChI=1S/C23H13BrClN3O/c24-18-12-27-23-17(22(18)29)11-16(20(28-23)13-5-2-1-3-6-13)15-9-14-7-4-8-26-21(14)19(25)10-15/h1-12H,(H,27,28,29). The smallest absolute Gasteiger partial charge is 0.205 e. The monoisotopic (exact) mass is 461 g/mol. The summed E-state index contributed by atoms with van der Waals surface area (Å²) in [6.07, 6.45) is 3.34. The van der Waals surface area contributed by atoms with E-state index in [1.165, 1.54) is 0 Å². The van der Waals surface area contributed by atoms with E-state index in [0.29, 0.717) is 20.5 Å². The first-order chi connectivity index (χ1) is 14.1. The Morgan fingerprint density at radius 3 is 2.62 bits per heavy atom. The Kier molecular flexibility index (Phi) is 4.42. The van der Waals surface area contributed by atoms with Crippen molar-refractivity contribution in [2.45, 2.75) is 0 Å². The maximum absolute atomic E-state index is 12.7. The van der Waals surface area contributed by atoms with E-state index in [2.05, 4.69) is 25.9 Å². The second kappa shape index (κ2) is 7.10. The molecule has 2 aromatic carbocycles. The zero-order valence-corrected chi connectivity index (χ0v) is 17.3. The van der Waals surface area contributed by atoms with Crippen LogP contribution in [0.2, 0.25) is 5.02 Å². The topological polar surface area (TPSA) is 58.6 Å². The fourth-order valence-corrected chi connectivity index (χ4v) is 4.07. The van der Waals surface area contributed by atoms with Gasteiger partial charge < -0.3 is 4.98 Å². The van der Waals surface area contributed by atoms with E-state index < -0.39 is 0 Å². The molecule has 0 bridgehead atoms. The largest absolute Gasteiger partial charge is 0.345 e. The highest BCUT2D eigenvalue weighted by Gasteiger charge is 2.15. The lowest BCUT2D eigenvalue weighted by Gasteiger charge is -2.13. The summed E-state index contributed by atoms with van der Waals surface area (Å²) in [6.45, 7) is 0. The number of pyridine rings is 3. The second-order valence-electron chi connectivity index (χ2n) is 6.65. The Morgan fingerprint density at radius 1 is 0.966 bits per heavy atom. The van der Waals surface area contributed by atoms with E-state index in [1.54, 1.807) is 12.4 Å². The van der Waals surface area contributed by atoms with Crippen molar-refractivity contribution in [3.63, 3.8) is 0 Å². The van der Waals surface area contributed by atoms with Gasteiger partial charge in [0.2, 0.25) is 5.43 Å². The Hall–Kier alpha value is -3.02. The quantitative estimate of drug-likeness (QED) is 0.339. The molecule has 0 amide bonds. The SMILES string of the molecule is O=c1c(Br)c[nH]c2nc(-c3ccccc3)c(-c3cc(Cl)c4ncccc4c3)cc12. The summed E-state index contributed by atoms with van der Waals surface area (Å²) in [6, 6.07) is 19.5. The van der Waals surface area contributed by atoms with Crippen LogP contribution in [0.25, 0.3) is 44.3 Å². The van der Waals surface area contributed by atoms with Crippen LogP contribution in [0.5, 0.6) is 0 Å². The number of hydrogen-bond donors (Lipinski definition) is 1. The van der Waals surface area contributed by atoms with Crippen LogP contribution in [-0.2, 0) is 0 Å². The summed E-state index contributed by atoms with van der Waals surface area (Å²) in [4.78, 5) is 25.0. The molecule has 140 valence electrons. The van der Waals surface area contributed by atoms with Crippen LogP contribution >= 0.6 is 27.5 Å². The number of rotatable bonds is 2. The van der Waals surface area contributed by atoms with Crippen LogP contribution in [0.1, 0.15) is 0 Å². The molecule has 3 heterocycles. The number of fused-ring (bicyclic) bond motifs is 2. The van der Waals surface area contributed by atoms with Gasteiger partial charge >= 0.3 is 0 Å². The van der Waals surface area contributed by atoms with Gasteiger partial charge in [0.1, 0.15) is 5.65 Å². The molecule has 29 heavy (non-hydrogen) atoms. The lowest BCUT2D eigenvalue weighted by atomic mass is 9.97. The summed E-state index contributed by atoms with van der Waals surface area (Å²) >= 11 is 9.83. The first kappa shape index (κ1) is 18.0. The molecule has 0 fully saturated rings. The number of nitrogens with zero attached hydrogens (tertiary/aromatic N) is 2. The first-order valence-corrected chi connectivity index (χ1v) is 10.1. The van der Waals surface area contributed by atoms with Crippen molar-refractivity contribution in [3.8, 4) is 22.4 Å². The number of H-pyrrole nitrogens is 1. The first-order valence-electron chi connectivity index (χ1n) is 8.94. The third kappa shape index (κ3) is 3.12. The van der Waals surface area contributed by atoms with Gasteiger partial charge in [0.05, 0.1) is 26.1 Å². The molecular weight excluding hydrogens is 450 g/mol. The Morgan fingerprint density at radius 2 is 1.79 bits per heavy atom. The molecule has 0 atom stereocenters. The van der Waals surface area contributed by atoms with Crippen molar-refractivity contribution in [2.75, 3.05) is 0 Å². The van der Waals surface area contributed by atoms with Crippen molar-refractivity contribution in [3.05, 3.63) is 92.8 Å². The van der Waals surface area contributed by atoms with E-state index in [0.717, 1.165) is 33.3 Å². The van der Waals surface area contributed by atoms with Crippen molar-refractivity contribution in [1.29, 1.82) is 0 Å². The number of halogens is 2. The number of benzene rings is 2. The highest BCUT2D eigenvalue weighted by Crippen LogP contribution is 2.36. The Labute approximate surface area is 179 Å². The lowest BCUT2D eigenvalue weighted by Crippen LogP contribution is -2.06. The number of aromatic amines is 1. The van der Waals surface area contributed by atoms with Gasteiger partial charge in [-0.25, -0.2) is 4.98 Å². The molecule has 5 rings (SSSR count).